The fraction of sp³-hybridized carbons (Fsp3) is 0.267. The molecule has 0 aliphatic carbocycles. The van der Waals surface area contributed by atoms with Crippen LogP contribution in [0.25, 0.3) is 0 Å². The molecule has 1 aromatic carbocycles. The van der Waals surface area contributed by atoms with Crippen LogP contribution in [-0.4, -0.2) is 16.5 Å². The van der Waals surface area contributed by atoms with E-state index in [0.29, 0.717) is 13.0 Å². The molecule has 96 valence electrons. The first-order valence-electron chi connectivity index (χ1n) is 6.22. The Morgan fingerprint density at radius 3 is 2.53 bits per heavy atom. The number of para-hydroxylation sites is 1. The summed E-state index contributed by atoms with van der Waals surface area (Å²) < 4.78 is 0. The van der Waals surface area contributed by atoms with E-state index < -0.39 is 0 Å². The van der Waals surface area contributed by atoms with Crippen molar-refractivity contribution < 1.29 is 0 Å². The van der Waals surface area contributed by atoms with Gasteiger partial charge in [-0.15, -0.1) is 0 Å². The van der Waals surface area contributed by atoms with Crippen LogP contribution in [0.5, 0.6) is 0 Å². The highest BCUT2D eigenvalue weighted by Crippen LogP contribution is 2.23. The van der Waals surface area contributed by atoms with E-state index in [2.05, 4.69) is 16.0 Å². The molecule has 4 nitrogen and oxygen atoms in total. The summed E-state index contributed by atoms with van der Waals surface area (Å²) in [6.45, 7) is 4.49. The van der Waals surface area contributed by atoms with E-state index >= 15 is 0 Å². The largest absolute Gasteiger partial charge is 0.324 e. The van der Waals surface area contributed by atoms with E-state index in [1.165, 1.54) is 0 Å². The van der Waals surface area contributed by atoms with Crippen LogP contribution >= 0.6 is 0 Å². The van der Waals surface area contributed by atoms with Crippen molar-refractivity contribution in [1.29, 1.82) is 5.26 Å². The van der Waals surface area contributed by atoms with Crippen LogP contribution < -0.4 is 4.90 Å². The lowest BCUT2D eigenvalue weighted by atomic mass is 10.2. The van der Waals surface area contributed by atoms with E-state index in [1.54, 1.807) is 6.20 Å². The smallest absolute Gasteiger partial charge is 0.151 e. The van der Waals surface area contributed by atoms with Crippen LogP contribution in [0, 0.1) is 25.2 Å². The number of hydrogen-bond donors (Lipinski definition) is 0. The predicted molar refractivity (Wildman–Crippen MR) is 75.2 cm³/mol. The molecule has 0 spiro atoms. The zero-order valence-corrected chi connectivity index (χ0v) is 11.2. The maximum absolute atomic E-state index is 8.79. The number of aromatic nitrogens is 2. The summed E-state index contributed by atoms with van der Waals surface area (Å²) in [6.07, 6.45) is 2.20. The van der Waals surface area contributed by atoms with Crippen LogP contribution in [0.4, 0.5) is 11.5 Å². The third-order valence-electron chi connectivity index (χ3n) is 2.97. The average Bonchev–Trinajstić information content (AvgIpc) is 2.44. The predicted octanol–water partition coefficient (Wildman–Crippen LogP) is 3.15. The van der Waals surface area contributed by atoms with E-state index in [4.69, 9.17) is 5.26 Å². The number of hydrogen-bond acceptors (Lipinski definition) is 4. The quantitative estimate of drug-likeness (QED) is 0.838. The minimum absolute atomic E-state index is 0.448. The molecule has 0 fully saturated rings. The fourth-order valence-corrected chi connectivity index (χ4v) is 1.81. The van der Waals surface area contributed by atoms with E-state index in [-0.39, 0.29) is 0 Å². The van der Waals surface area contributed by atoms with Gasteiger partial charge in [0.1, 0.15) is 0 Å². The first-order chi connectivity index (χ1) is 9.22. The van der Waals surface area contributed by atoms with Gasteiger partial charge in [-0.2, -0.15) is 5.26 Å². The Balaban J connectivity index is 2.37. The van der Waals surface area contributed by atoms with Crippen molar-refractivity contribution in [2.75, 3.05) is 11.4 Å². The number of rotatable bonds is 4. The molecule has 19 heavy (non-hydrogen) atoms. The zero-order valence-electron chi connectivity index (χ0n) is 11.2. The van der Waals surface area contributed by atoms with E-state index in [1.807, 2.05) is 49.1 Å². The molecule has 0 radical (unpaired) electrons. The molecular formula is C15H16N4. The topological polar surface area (TPSA) is 52.8 Å². The van der Waals surface area contributed by atoms with Crippen molar-refractivity contribution in [3.8, 4) is 6.07 Å². The van der Waals surface area contributed by atoms with Gasteiger partial charge in [-0.3, -0.25) is 4.98 Å². The summed E-state index contributed by atoms with van der Waals surface area (Å²) in [6, 6.07) is 12.1. The van der Waals surface area contributed by atoms with Gasteiger partial charge in [0.25, 0.3) is 0 Å². The summed E-state index contributed by atoms with van der Waals surface area (Å²) >= 11 is 0. The van der Waals surface area contributed by atoms with Gasteiger partial charge in [0.2, 0.25) is 0 Å². The first-order valence-corrected chi connectivity index (χ1v) is 6.22. The highest BCUT2D eigenvalue weighted by molar-refractivity contribution is 5.59. The minimum Gasteiger partial charge on any atom is -0.324 e. The Morgan fingerprint density at radius 1 is 1.16 bits per heavy atom. The number of nitrogens with zero attached hydrogens (tertiary/aromatic N) is 4. The molecule has 0 saturated heterocycles. The van der Waals surface area contributed by atoms with Crippen molar-refractivity contribution in [1.82, 2.24) is 9.97 Å². The molecule has 0 N–H and O–H groups in total. The van der Waals surface area contributed by atoms with Crippen LogP contribution in [0.15, 0.2) is 36.5 Å². The van der Waals surface area contributed by atoms with Crippen molar-refractivity contribution >= 4 is 11.5 Å². The highest BCUT2D eigenvalue weighted by Gasteiger charge is 2.11. The molecule has 4 heteroatoms. The van der Waals surface area contributed by atoms with Gasteiger partial charge in [0, 0.05) is 12.2 Å². The lowest BCUT2D eigenvalue weighted by molar-refractivity contribution is 0.904. The van der Waals surface area contributed by atoms with Crippen LogP contribution in [0.3, 0.4) is 0 Å². The summed E-state index contributed by atoms with van der Waals surface area (Å²) in [4.78, 5) is 10.9. The van der Waals surface area contributed by atoms with Gasteiger partial charge in [-0.1, -0.05) is 18.2 Å². The fourth-order valence-electron chi connectivity index (χ4n) is 1.81. The summed E-state index contributed by atoms with van der Waals surface area (Å²) in [7, 11) is 0. The second-order valence-electron chi connectivity index (χ2n) is 4.29. The highest BCUT2D eigenvalue weighted by atomic mass is 15.2. The molecule has 2 rings (SSSR count). The van der Waals surface area contributed by atoms with E-state index in [9.17, 15) is 0 Å². The monoisotopic (exact) mass is 252 g/mol. The van der Waals surface area contributed by atoms with Gasteiger partial charge >= 0.3 is 0 Å². The van der Waals surface area contributed by atoms with Gasteiger partial charge in [0.15, 0.2) is 5.82 Å². The zero-order chi connectivity index (χ0) is 13.7. The third-order valence-corrected chi connectivity index (χ3v) is 2.97. The van der Waals surface area contributed by atoms with Gasteiger partial charge in [-0.05, 0) is 26.0 Å². The number of anilines is 2. The second kappa shape index (κ2) is 5.96. The molecular weight excluding hydrogens is 236 g/mol. The Labute approximate surface area is 113 Å². The molecule has 0 atom stereocenters. The third kappa shape index (κ3) is 3.08. The summed E-state index contributed by atoms with van der Waals surface area (Å²) in [5, 5.41) is 8.79. The average molecular weight is 252 g/mol. The summed E-state index contributed by atoms with van der Waals surface area (Å²) in [5.41, 5.74) is 2.86. The Bertz CT molecular complexity index is 587. The maximum Gasteiger partial charge on any atom is 0.151 e. The van der Waals surface area contributed by atoms with E-state index in [0.717, 1.165) is 22.9 Å². The van der Waals surface area contributed by atoms with Crippen LogP contribution in [0.2, 0.25) is 0 Å². The number of aryl methyl sites for hydroxylation is 2. The lowest BCUT2D eigenvalue weighted by Crippen LogP contribution is -2.20. The number of nitriles is 1. The maximum atomic E-state index is 8.79. The van der Waals surface area contributed by atoms with Crippen molar-refractivity contribution in [3.63, 3.8) is 0 Å². The first kappa shape index (κ1) is 13.0. The van der Waals surface area contributed by atoms with Crippen molar-refractivity contribution in [2.45, 2.75) is 20.3 Å². The van der Waals surface area contributed by atoms with Gasteiger partial charge in [0.05, 0.1) is 30.1 Å². The molecule has 0 aliphatic rings. The number of benzene rings is 1. The molecule has 1 aromatic heterocycles. The molecule has 0 unspecified atom stereocenters. The second-order valence-corrected chi connectivity index (χ2v) is 4.29. The minimum atomic E-state index is 0.448. The standard InChI is InChI=1S/C15H16N4/c1-12-13(2)18-15(11-17-12)19(10-6-9-16)14-7-4-3-5-8-14/h3-5,7-8,11H,6,10H2,1-2H3. The molecule has 1 heterocycles. The van der Waals surface area contributed by atoms with Crippen LogP contribution in [0.1, 0.15) is 17.8 Å². The summed E-state index contributed by atoms with van der Waals surface area (Å²) in [5.74, 6) is 0.782. The van der Waals surface area contributed by atoms with Crippen molar-refractivity contribution in [2.24, 2.45) is 0 Å². The molecule has 2 aromatic rings. The Kier molecular flexibility index (Phi) is 4.09. The van der Waals surface area contributed by atoms with Gasteiger partial charge in [-0.25, -0.2) is 4.98 Å². The Hall–Kier alpha value is -2.41. The normalized spacial score (nSPS) is 9.95. The SMILES string of the molecule is Cc1ncc(N(CCC#N)c2ccccc2)nc1C. The Morgan fingerprint density at radius 2 is 1.89 bits per heavy atom. The van der Waals surface area contributed by atoms with Crippen molar-refractivity contribution in [3.05, 3.63) is 47.9 Å². The lowest BCUT2D eigenvalue weighted by Gasteiger charge is -2.23. The molecule has 0 saturated carbocycles. The van der Waals surface area contributed by atoms with Crippen LogP contribution in [-0.2, 0) is 0 Å². The van der Waals surface area contributed by atoms with Gasteiger partial charge < -0.3 is 4.90 Å². The molecule has 0 bridgehead atoms. The molecule has 0 amide bonds. The molecule has 0 aliphatic heterocycles.